The van der Waals surface area contributed by atoms with Crippen LogP contribution in [0.5, 0.6) is 0 Å². The highest BCUT2D eigenvalue weighted by atomic mass is 127. The van der Waals surface area contributed by atoms with E-state index in [2.05, 4.69) is 15.6 Å². The number of halogens is 2. The minimum Gasteiger partial charge on any atom is -0.392 e. The maximum absolute atomic E-state index is 13.2. The van der Waals surface area contributed by atoms with Crippen LogP contribution in [0.4, 0.5) is 4.39 Å². The van der Waals surface area contributed by atoms with Gasteiger partial charge in [0, 0.05) is 31.5 Å². The molecule has 0 aliphatic carbocycles. The van der Waals surface area contributed by atoms with Crippen LogP contribution >= 0.6 is 35.7 Å². The van der Waals surface area contributed by atoms with Crippen molar-refractivity contribution in [3.8, 4) is 0 Å². The average Bonchev–Trinajstić information content (AvgIpc) is 2.44. The molecule has 4 nitrogen and oxygen atoms in total. The van der Waals surface area contributed by atoms with Crippen LogP contribution in [0.3, 0.4) is 0 Å². The Labute approximate surface area is 140 Å². The first-order chi connectivity index (χ1) is 9.21. The maximum Gasteiger partial charge on any atom is 0.191 e. The van der Waals surface area contributed by atoms with Crippen LogP contribution in [0, 0.1) is 5.82 Å². The molecule has 114 valence electrons. The Hall–Kier alpha value is -0.540. The first-order valence-corrected chi connectivity index (χ1v) is 7.42. The van der Waals surface area contributed by atoms with Crippen molar-refractivity contribution < 1.29 is 9.50 Å². The molecule has 0 fully saturated rings. The molecule has 0 amide bonds. The molecule has 0 bridgehead atoms. The minimum absolute atomic E-state index is 0. The van der Waals surface area contributed by atoms with E-state index in [4.69, 9.17) is 5.11 Å². The number of guanidine groups is 1. The van der Waals surface area contributed by atoms with Gasteiger partial charge in [-0.05, 0) is 24.0 Å². The molecule has 0 aliphatic rings. The van der Waals surface area contributed by atoms with Gasteiger partial charge in [-0.15, -0.1) is 24.0 Å². The summed E-state index contributed by atoms with van der Waals surface area (Å²) in [5, 5.41) is 15.3. The predicted molar refractivity (Wildman–Crippen MR) is 94.3 cm³/mol. The highest BCUT2D eigenvalue weighted by Gasteiger charge is 2.03. The number of nitrogens with zero attached hydrogens (tertiary/aromatic N) is 1. The quantitative estimate of drug-likeness (QED) is 0.289. The maximum atomic E-state index is 13.2. The monoisotopic (exact) mass is 413 g/mol. The van der Waals surface area contributed by atoms with E-state index in [1.165, 1.54) is 6.07 Å². The molecule has 0 unspecified atom stereocenters. The molecule has 0 radical (unpaired) electrons. The summed E-state index contributed by atoms with van der Waals surface area (Å²) in [5.74, 6) is 1.34. The van der Waals surface area contributed by atoms with E-state index in [0.29, 0.717) is 18.1 Å². The lowest BCUT2D eigenvalue weighted by molar-refractivity contribution is 0.275. The third-order valence-corrected chi connectivity index (χ3v) is 3.18. The fourth-order valence-corrected chi connectivity index (χ4v) is 1.84. The van der Waals surface area contributed by atoms with Crippen molar-refractivity contribution in [2.45, 2.75) is 13.2 Å². The van der Waals surface area contributed by atoms with Crippen LogP contribution in [0.15, 0.2) is 23.2 Å². The standard InChI is InChI=1S/C13H20FN3OS.HI/c1-15-13(16-5-6-19-2)17-8-10-3-4-12(14)11(7-10)9-18;/h3-4,7,18H,5-6,8-9H2,1-2H3,(H2,15,16,17);1H. The lowest BCUT2D eigenvalue weighted by Gasteiger charge is -2.12. The average molecular weight is 413 g/mol. The molecule has 20 heavy (non-hydrogen) atoms. The second-order valence-corrected chi connectivity index (χ2v) is 4.91. The van der Waals surface area contributed by atoms with Crippen LogP contribution < -0.4 is 10.6 Å². The van der Waals surface area contributed by atoms with Crippen LogP contribution in [0.25, 0.3) is 0 Å². The molecule has 0 heterocycles. The summed E-state index contributed by atoms with van der Waals surface area (Å²) >= 11 is 1.76. The highest BCUT2D eigenvalue weighted by Crippen LogP contribution is 2.10. The van der Waals surface area contributed by atoms with Gasteiger partial charge in [-0.1, -0.05) is 6.07 Å². The number of hydrogen-bond donors (Lipinski definition) is 3. The van der Waals surface area contributed by atoms with Crippen molar-refractivity contribution in [3.63, 3.8) is 0 Å². The van der Waals surface area contributed by atoms with Gasteiger partial charge < -0.3 is 15.7 Å². The topological polar surface area (TPSA) is 56.7 Å². The lowest BCUT2D eigenvalue weighted by atomic mass is 10.1. The van der Waals surface area contributed by atoms with Gasteiger partial charge in [-0.25, -0.2) is 4.39 Å². The smallest absolute Gasteiger partial charge is 0.191 e. The van der Waals surface area contributed by atoms with Gasteiger partial charge in [0.15, 0.2) is 5.96 Å². The predicted octanol–water partition coefficient (Wildman–Crippen LogP) is 1.96. The van der Waals surface area contributed by atoms with Gasteiger partial charge in [-0.3, -0.25) is 4.99 Å². The Bertz CT molecular complexity index is 432. The van der Waals surface area contributed by atoms with E-state index >= 15 is 0 Å². The number of nitrogens with one attached hydrogen (secondary N) is 2. The van der Waals surface area contributed by atoms with Crippen molar-refractivity contribution in [2.24, 2.45) is 4.99 Å². The van der Waals surface area contributed by atoms with Gasteiger partial charge in [-0.2, -0.15) is 11.8 Å². The Balaban J connectivity index is 0.00000361. The third kappa shape index (κ3) is 6.76. The number of thioether (sulfide) groups is 1. The van der Waals surface area contributed by atoms with Gasteiger partial charge >= 0.3 is 0 Å². The number of hydrogen-bond acceptors (Lipinski definition) is 3. The zero-order valence-corrected chi connectivity index (χ0v) is 14.8. The summed E-state index contributed by atoms with van der Waals surface area (Å²) in [5.41, 5.74) is 1.21. The van der Waals surface area contributed by atoms with Crippen LogP contribution in [0.1, 0.15) is 11.1 Å². The van der Waals surface area contributed by atoms with Crippen LogP contribution in [0.2, 0.25) is 0 Å². The first-order valence-electron chi connectivity index (χ1n) is 6.03. The summed E-state index contributed by atoms with van der Waals surface area (Å²) in [6, 6.07) is 4.71. The van der Waals surface area contributed by atoms with Crippen molar-refractivity contribution in [1.82, 2.24) is 10.6 Å². The summed E-state index contributed by atoms with van der Waals surface area (Å²) < 4.78 is 13.2. The normalized spacial score (nSPS) is 10.9. The number of benzene rings is 1. The molecule has 3 N–H and O–H groups in total. The van der Waals surface area contributed by atoms with Crippen molar-refractivity contribution >= 4 is 41.7 Å². The van der Waals surface area contributed by atoms with Crippen molar-refractivity contribution in [2.75, 3.05) is 25.6 Å². The van der Waals surface area contributed by atoms with E-state index in [-0.39, 0.29) is 36.4 Å². The SMILES string of the molecule is CN=C(NCCSC)NCc1ccc(F)c(CO)c1.I. The number of aliphatic hydroxyl groups excluding tert-OH is 1. The molecule has 0 aliphatic heterocycles. The molecular formula is C13H21FIN3OS. The van der Waals surface area contributed by atoms with Gasteiger partial charge in [0.25, 0.3) is 0 Å². The molecule has 0 saturated heterocycles. The Morgan fingerprint density at radius 3 is 2.75 bits per heavy atom. The number of aliphatic imine (C=N–C) groups is 1. The van der Waals surface area contributed by atoms with Crippen LogP contribution in [-0.2, 0) is 13.2 Å². The van der Waals surface area contributed by atoms with E-state index in [1.807, 2.05) is 6.26 Å². The molecule has 7 heteroatoms. The summed E-state index contributed by atoms with van der Waals surface area (Å²) in [6.07, 6.45) is 2.05. The fraction of sp³-hybridized carbons (Fsp3) is 0.462. The Morgan fingerprint density at radius 1 is 1.40 bits per heavy atom. The number of rotatable bonds is 6. The molecule has 1 aromatic carbocycles. The van der Waals surface area contributed by atoms with E-state index in [9.17, 15) is 4.39 Å². The molecule has 1 aromatic rings. The van der Waals surface area contributed by atoms with E-state index in [1.54, 1.807) is 30.9 Å². The third-order valence-electron chi connectivity index (χ3n) is 2.56. The molecule has 0 atom stereocenters. The second-order valence-electron chi connectivity index (χ2n) is 3.93. The molecular weight excluding hydrogens is 392 g/mol. The lowest BCUT2D eigenvalue weighted by Crippen LogP contribution is -2.37. The zero-order valence-electron chi connectivity index (χ0n) is 11.6. The van der Waals surface area contributed by atoms with Crippen LogP contribution in [-0.4, -0.2) is 36.7 Å². The van der Waals surface area contributed by atoms with E-state index < -0.39 is 0 Å². The van der Waals surface area contributed by atoms with Gasteiger partial charge in [0.1, 0.15) is 5.82 Å². The summed E-state index contributed by atoms with van der Waals surface area (Å²) in [4.78, 5) is 4.10. The highest BCUT2D eigenvalue weighted by molar-refractivity contribution is 14.0. The molecule has 0 saturated carbocycles. The van der Waals surface area contributed by atoms with Crippen molar-refractivity contribution in [3.05, 3.63) is 35.1 Å². The first kappa shape index (κ1) is 19.5. The summed E-state index contributed by atoms with van der Waals surface area (Å²) in [6.45, 7) is 1.08. The molecule has 0 aromatic heterocycles. The van der Waals surface area contributed by atoms with Crippen molar-refractivity contribution in [1.29, 1.82) is 0 Å². The second kappa shape index (κ2) is 11.2. The van der Waals surface area contributed by atoms with Gasteiger partial charge in [0.05, 0.1) is 6.61 Å². The minimum atomic E-state index is -0.381. The summed E-state index contributed by atoms with van der Waals surface area (Å²) in [7, 11) is 1.71. The molecule has 1 rings (SSSR count). The van der Waals surface area contributed by atoms with E-state index in [0.717, 1.165) is 17.9 Å². The Morgan fingerprint density at radius 2 is 2.15 bits per heavy atom. The largest absolute Gasteiger partial charge is 0.392 e. The Kier molecular flexibility index (Phi) is 10.9. The molecule has 0 spiro atoms. The van der Waals surface area contributed by atoms with Gasteiger partial charge in [0.2, 0.25) is 0 Å². The number of aliphatic hydroxyl groups is 1. The zero-order chi connectivity index (χ0) is 14.1. The fourth-order valence-electron chi connectivity index (χ4n) is 1.54.